The SMILES string of the molecule is CC#CCN1C(=O)NC(=O)C(C)(C)C1=O. The van der Waals surface area contributed by atoms with Crippen LogP contribution >= 0.6 is 0 Å². The van der Waals surface area contributed by atoms with Gasteiger partial charge in [0, 0.05) is 0 Å². The minimum absolute atomic E-state index is 0.0118. The third kappa shape index (κ3) is 1.84. The summed E-state index contributed by atoms with van der Waals surface area (Å²) in [7, 11) is 0. The average Bonchev–Trinajstić information content (AvgIpc) is 2.16. The van der Waals surface area contributed by atoms with E-state index in [0.29, 0.717) is 0 Å². The van der Waals surface area contributed by atoms with Crippen LogP contribution in [0.3, 0.4) is 0 Å². The van der Waals surface area contributed by atoms with Crippen molar-refractivity contribution in [1.29, 1.82) is 0 Å². The molecule has 1 aliphatic heterocycles. The Balaban J connectivity index is 2.97. The van der Waals surface area contributed by atoms with Crippen LogP contribution < -0.4 is 5.32 Å². The van der Waals surface area contributed by atoms with Gasteiger partial charge in [0.15, 0.2) is 0 Å². The number of amides is 4. The smallest absolute Gasteiger partial charge is 0.277 e. The van der Waals surface area contributed by atoms with Crippen LogP contribution in [-0.4, -0.2) is 29.3 Å². The summed E-state index contributed by atoms with van der Waals surface area (Å²) in [5, 5.41) is 2.12. The predicted octanol–water partition coefficient (Wildman–Crippen LogP) is 0.114. The number of urea groups is 1. The van der Waals surface area contributed by atoms with Gasteiger partial charge in [0.05, 0.1) is 6.54 Å². The second kappa shape index (κ2) is 3.73. The Hall–Kier alpha value is -1.83. The molecule has 1 fully saturated rings. The molecule has 0 aromatic rings. The number of hydrogen-bond donors (Lipinski definition) is 1. The number of barbiturate groups is 1. The van der Waals surface area contributed by atoms with E-state index in [4.69, 9.17) is 0 Å². The summed E-state index contributed by atoms with van der Waals surface area (Å²) in [5.74, 6) is 4.11. The fourth-order valence-electron chi connectivity index (χ4n) is 1.15. The van der Waals surface area contributed by atoms with Gasteiger partial charge in [-0.25, -0.2) is 4.79 Å². The summed E-state index contributed by atoms with van der Waals surface area (Å²) < 4.78 is 0. The van der Waals surface area contributed by atoms with E-state index in [1.54, 1.807) is 6.92 Å². The number of nitrogens with one attached hydrogen (secondary N) is 1. The molecule has 4 amide bonds. The molecule has 1 saturated heterocycles. The van der Waals surface area contributed by atoms with Gasteiger partial charge in [-0.3, -0.25) is 19.8 Å². The highest BCUT2D eigenvalue weighted by Gasteiger charge is 2.46. The van der Waals surface area contributed by atoms with Crippen molar-refractivity contribution in [2.24, 2.45) is 5.41 Å². The standard InChI is InChI=1S/C10H12N2O3/c1-4-5-6-12-8(14)10(2,3)7(13)11-9(12)15/h6H2,1-3H3,(H,11,13,15). The monoisotopic (exact) mass is 208 g/mol. The van der Waals surface area contributed by atoms with Crippen LogP contribution in [0.2, 0.25) is 0 Å². The highest BCUT2D eigenvalue weighted by molar-refractivity contribution is 6.18. The minimum Gasteiger partial charge on any atom is -0.277 e. The lowest BCUT2D eigenvalue weighted by molar-refractivity contribution is -0.148. The highest BCUT2D eigenvalue weighted by Crippen LogP contribution is 2.22. The quantitative estimate of drug-likeness (QED) is 0.491. The van der Waals surface area contributed by atoms with Crippen molar-refractivity contribution in [2.45, 2.75) is 20.8 Å². The summed E-state index contributed by atoms with van der Waals surface area (Å²) in [4.78, 5) is 35.3. The Morgan fingerprint density at radius 2 is 1.93 bits per heavy atom. The summed E-state index contributed by atoms with van der Waals surface area (Å²) >= 11 is 0. The summed E-state index contributed by atoms with van der Waals surface area (Å²) in [5.41, 5.74) is -1.21. The van der Waals surface area contributed by atoms with Gasteiger partial charge in [0.2, 0.25) is 11.8 Å². The molecule has 0 bridgehead atoms. The molecule has 5 nitrogen and oxygen atoms in total. The maximum absolute atomic E-state index is 11.8. The molecule has 1 aliphatic rings. The topological polar surface area (TPSA) is 66.5 Å². The zero-order valence-corrected chi connectivity index (χ0v) is 8.88. The summed E-state index contributed by atoms with van der Waals surface area (Å²) in [6, 6.07) is -0.702. The molecule has 0 aliphatic carbocycles. The van der Waals surface area contributed by atoms with Crippen molar-refractivity contribution < 1.29 is 14.4 Å². The molecule has 0 saturated carbocycles. The maximum atomic E-state index is 11.8. The van der Waals surface area contributed by atoms with Crippen LogP contribution in [0.15, 0.2) is 0 Å². The first-order valence-electron chi connectivity index (χ1n) is 4.48. The van der Waals surface area contributed by atoms with Gasteiger partial charge in [-0.05, 0) is 20.8 Å². The van der Waals surface area contributed by atoms with E-state index in [2.05, 4.69) is 17.2 Å². The highest BCUT2D eigenvalue weighted by atomic mass is 16.2. The zero-order chi connectivity index (χ0) is 11.6. The fourth-order valence-corrected chi connectivity index (χ4v) is 1.15. The van der Waals surface area contributed by atoms with Crippen molar-refractivity contribution in [3.8, 4) is 11.8 Å². The van der Waals surface area contributed by atoms with E-state index in [0.717, 1.165) is 4.90 Å². The average molecular weight is 208 g/mol. The molecular weight excluding hydrogens is 196 g/mol. The van der Waals surface area contributed by atoms with E-state index >= 15 is 0 Å². The lowest BCUT2D eigenvalue weighted by Crippen LogP contribution is -2.61. The largest absolute Gasteiger partial charge is 0.331 e. The molecule has 0 radical (unpaired) electrons. The van der Waals surface area contributed by atoms with Gasteiger partial charge >= 0.3 is 6.03 Å². The second-order valence-electron chi connectivity index (χ2n) is 3.70. The zero-order valence-electron chi connectivity index (χ0n) is 8.88. The van der Waals surface area contributed by atoms with E-state index in [9.17, 15) is 14.4 Å². The van der Waals surface area contributed by atoms with Gasteiger partial charge in [-0.2, -0.15) is 0 Å². The molecule has 0 unspecified atom stereocenters. The van der Waals surface area contributed by atoms with E-state index in [1.165, 1.54) is 13.8 Å². The first kappa shape index (κ1) is 11.2. The molecule has 80 valence electrons. The second-order valence-corrected chi connectivity index (χ2v) is 3.70. The van der Waals surface area contributed by atoms with Crippen LogP contribution in [-0.2, 0) is 9.59 Å². The normalized spacial score (nSPS) is 19.4. The Kier molecular flexibility index (Phi) is 2.80. The van der Waals surface area contributed by atoms with Gasteiger partial charge in [0.25, 0.3) is 0 Å². The Morgan fingerprint density at radius 1 is 1.33 bits per heavy atom. The number of carbonyl (C=O) groups excluding carboxylic acids is 3. The molecule has 1 N–H and O–H groups in total. The number of imide groups is 2. The number of hydrogen-bond acceptors (Lipinski definition) is 3. The first-order chi connectivity index (χ1) is 6.91. The molecule has 1 rings (SSSR count). The van der Waals surface area contributed by atoms with Gasteiger partial charge in [0.1, 0.15) is 5.41 Å². The Labute approximate surface area is 87.8 Å². The molecule has 0 spiro atoms. The lowest BCUT2D eigenvalue weighted by Gasteiger charge is -2.33. The molecule has 1 heterocycles. The van der Waals surface area contributed by atoms with E-state index in [1.807, 2.05) is 0 Å². The molecular formula is C10H12N2O3. The van der Waals surface area contributed by atoms with Crippen LogP contribution in [0.1, 0.15) is 20.8 Å². The Morgan fingerprint density at radius 3 is 2.47 bits per heavy atom. The van der Waals surface area contributed by atoms with Gasteiger partial charge < -0.3 is 0 Å². The van der Waals surface area contributed by atoms with Gasteiger partial charge in [-0.15, -0.1) is 5.92 Å². The third-order valence-corrected chi connectivity index (χ3v) is 2.23. The van der Waals surface area contributed by atoms with Crippen LogP contribution in [0.5, 0.6) is 0 Å². The van der Waals surface area contributed by atoms with E-state index < -0.39 is 23.3 Å². The summed E-state index contributed by atoms with van der Waals surface area (Å²) in [6.07, 6.45) is 0. The number of nitrogens with zero attached hydrogens (tertiary/aromatic N) is 1. The predicted molar refractivity (Wildman–Crippen MR) is 52.5 cm³/mol. The lowest BCUT2D eigenvalue weighted by atomic mass is 9.89. The molecule has 0 aromatic carbocycles. The van der Waals surface area contributed by atoms with Crippen molar-refractivity contribution in [2.75, 3.05) is 6.54 Å². The molecule has 0 atom stereocenters. The first-order valence-corrected chi connectivity index (χ1v) is 4.48. The number of carbonyl (C=O) groups is 3. The van der Waals surface area contributed by atoms with Crippen LogP contribution in [0, 0.1) is 17.3 Å². The molecule has 15 heavy (non-hydrogen) atoms. The fraction of sp³-hybridized carbons (Fsp3) is 0.500. The third-order valence-electron chi connectivity index (χ3n) is 2.23. The van der Waals surface area contributed by atoms with Crippen LogP contribution in [0.25, 0.3) is 0 Å². The Bertz CT molecular complexity index is 387. The van der Waals surface area contributed by atoms with Gasteiger partial charge in [-0.1, -0.05) is 5.92 Å². The summed E-state index contributed by atoms with van der Waals surface area (Å²) in [6.45, 7) is 4.58. The van der Waals surface area contributed by atoms with Crippen molar-refractivity contribution >= 4 is 17.8 Å². The number of rotatable bonds is 1. The molecule has 5 heteroatoms. The minimum atomic E-state index is -1.21. The van der Waals surface area contributed by atoms with Crippen LogP contribution in [0.4, 0.5) is 4.79 Å². The molecule has 0 aromatic heterocycles. The van der Waals surface area contributed by atoms with Crippen molar-refractivity contribution in [3.63, 3.8) is 0 Å². The maximum Gasteiger partial charge on any atom is 0.331 e. The van der Waals surface area contributed by atoms with Crippen molar-refractivity contribution in [1.82, 2.24) is 10.2 Å². The van der Waals surface area contributed by atoms with Crippen molar-refractivity contribution in [3.05, 3.63) is 0 Å². The van der Waals surface area contributed by atoms with E-state index in [-0.39, 0.29) is 6.54 Å².